The molecule has 26 heavy (non-hydrogen) atoms. The van der Waals surface area contributed by atoms with Gasteiger partial charge in [-0.15, -0.1) is 0 Å². The van der Waals surface area contributed by atoms with Gasteiger partial charge >= 0.3 is 0 Å². The van der Waals surface area contributed by atoms with E-state index in [0.29, 0.717) is 31.3 Å². The van der Waals surface area contributed by atoms with Crippen LogP contribution < -0.4 is 0 Å². The maximum atomic E-state index is 13.1. The number of amides is 1. The van der Waals surface area contributed by atoms with Gasteiger partial charge in [0.25, 0.3) is 5.91 Å². The fraction of sp³-hybridized carbons (Fsp3) is 0.545. The monoisotopic (exact) mass is 354 g/mol. The number of carbonyl (C=O) groups is 1. The Bertz CT molecular complexity index is 782. The summed E-state index contributed by atoms with van der Waals surface area (Å²) in [7, 11) is 0. The van der Waals surface area contributed by atoms with Gasteiger partial charge in [-0.3, -0.25) is 4.79 Å². The number of oxazole rings is 1. The molecule has 4 heteroatoms. The van der Waals surface area contributed by atoms with Crippen molar-refractivity contribution in [1.29, 1.82) is 0 Å². The second-order valence-electron chi connectivity index (χ2n) is 8.26. The predicted octanol–water partition coefficient (Wildman–Crippen LogP) is 4.86. The Balaban J connectivity index is 1.71. The van der Waals surface area contributed by atoms with Gasteiger partial charge in [0, 0.05) is 30.5 Å². The molecule has 0 radical (unpaired) electrons. The zero-order valence-corrected chi connectivity index (χ0v) is 16.6. The molecule has 1 aliphatic rings. The van der Waals surface area contributed by atoms with Crippen LogP contribution >= 0.6 is 0 Å². The van der Waals surface area contributed by atoms with Crippen molar-refractivity contribution in [3.05, 3.63) is 52.7 Å². The number of nitrogens with zero attached hydrogens (tertiary/aromatic N) is 2. The van der Waals surface area contributed by atoms with Gasteiger partial charge in [0.2, 0.25) is 0 Å². The molecule has 140 valence electrons. The average Bonchev–Trinajstić information content (AvgIpc) is 3.37. The lowest BCUT2D eigenvalue weighted by Crippen LogP contribution is -2.33. The molecule has 1 aromatic carbocycles. The summed E-state index contributed by atoms with van der Waals surface area (Å²) in [4.78, 5) is 19.6. The number of carbonyl (C=O) groups excluding carboxylic acids is 1. The second kappa shape index (κ2) is 7.26. The molecule has 1 heterocycles. The molecular weight excluding hydrogens is 324 g/mol. The molecule has 0 N–H and O–H groups in total. The highest BCUT2D eigenvalue weighted by molar-refractivity contribution is 5.96. The molecule has 0 atom stereocenters. The van der Waals surface area contributed by atoms with Crippen LogP contribution in [0.4, 0.5) is 0 Å². The Kier molecular flexibility index (Phi) is 5.22. The molecular formula is C22H30N2O2. The third-order valence-corrected chi connectivity index (χ3v) is 5.02. The molecule has 0 unspecified atom stereocenters. The van der Waals surface area contributed by atoms with E-state index in [0.717, 1.165) is 17.0 Å². The summed E-state index contributed by atoms with van der Waals surface area (Å²) in [6.07, 6.45) is 3.03. The fourth-order valence-electron chi connectivity index (χ4n) is 3.50. The summed E-state index contributed by atoms with van der Waals surface area (Å²) < 4.78 is 5.84. The zero-order valence-electron chi connectivity index (χ0n) is 16.6. The second-order valence-corrected chi connectivity index (χ2v) is 8.26. The van der Waals surface area contributed by atoms with Crippen LogP contribution in [0, 0.1) is 6.92 Å². The lowest BCUT2D eigenvalue weighted by Gasteiger charge is -2.21. The third kappa shape index (κ3) is 4.00. The quantitative estimate of drug-likeness (QED) is 0.744. The van der Waals surface area contributed by atoms with Crippen LogP contribution in [0.15, 0.2) is 28.7 Å². The first-order chi connectivity index (χ1) is 12.3. The van der Waals surface area contributed by atoms with E-state index in [1.54, 1.807) is 0 Å². The number of likely N-dealkylation sites (N-methyl/N-ethyl adjacent to an activating group) is 1. The van der Waals surface area contributed by atoms with Crippen molar-refractivity contribution in [2.75, 3.05) is 13.1 Å². The smallest absolute Gasteiger partial charge is 0.254 e. The molecule has 1 amide bonds. The molecule has 2 aromatic rings. The average molecular weight is 354 g/mol. The van der Waals surface area contributed by atoms with Crippen molar-refractivity contribution >= 4 is 5.91 Å². The van der Waals surface area contributed by atoms with Crippen molar-refractivity contribution in [2.45, 2.75) is 65.2 Å². The van der Waals surface area contributed by atoms with E-state index in [2.05, 4.69) is 31.8 Å². The topological polar surface area (TPSA) is 46.3 Å². The summed E-state index contributed by atoms with van der Waals surface area (Å²) in [5.41, 5.74) is 3.03. The van der Waals surface area contributed by atoms with Crippen molar-refractivity contribution < 1.29 is 9.21 Å². The van der Waals surface area contributed by atoms with E-state index < -0.39 is 0 Å². The molecule has 1 saturated carbocycles. The summed E-state index contributed by atoms with van der Waals surface area (Å²) in [5.74, 6) is 2.28. The first-order valence-corrected chi connectivity index (χ1v) is 9.66. The standard InChI is InChI=1S/C22H30N2O2/c1-6-24(14-13-19-23-20(15(2)26-19)22(3,4)5)21(25)18-10-8-7-9-17(18)16-11-12-16/h7-10,16H,6,11-14H2,1-5H3. The molecule has 1 aliphatic carbocycles. The highest BCUT2D eigenvalue weighted by Crippen LogP contribution is 2.41. The van der Waals surface area contributed by atoms with Gasteiger partial charge in [-0.1, -0.05) is 39.0 Å². The molecule has 3 rings (SSSR count). The van der Waals surface area contributed by atoms with E-state index >= 15 is 0 Å². The van der Waals surface area contributed by atoms with Crippen LogP contribution in [-0.4, -0.2) is 28.9 Å². The van der Waals surface area contributed by atoms with Crippen molar-refractivity contribution in [3.8, 4) is 0 Å². The Labute approximate surface area is 156 Å². The molecule has 1 aromatic heterocycles. The van der Waals surface area contributed by atoms with E-state index in [4.69, 9.17) is 4.42 Å². The van der Waals surface area contributed by atoms with Crippen LogP contribution in [0.25, 0.3) is 0 Å². The molecule has 4 nitrogen and oxygen atoms in total. The molecule has 0 saturated heterocycles. The van der Waals surface area contributed by atoms with Gasteiger partial charge in [0.15, 0.2) is 5.89 Å². The Hall–Kier alpha value is -2.10. The molecule has 0 aliphatic heterocycles. The summed E-state index contributed by atoms with van der Waals surface area (Å²) in [5, 5.41) is 0. The Morgan fingerprint density at radius 1 is 1.27 bits per heavy atom. The Morgan fingerprint density at radius 2 is 1.96 bits per heavy atom. The van der Waals surface area contributed by atoms with Gasteiger partial charge < -0.3 is 9.32 Å². The number of rotatable bonds is 6. The van der Waals surface area contributed by atoms with E-state index in [9.17, 15) is 4.79 Å². The SMILES string of the molecule is CCN(CCc1nc(C(C)(C)C)c(C)o1)C(=O)c1ccccc1C1CC1. The van der Waals surface area contributed by atoms with Gasteiger partial charge in [0.1, 0.15) is 5.76 Å². The van der Waals surface area contributed by atoms with E-state index in [1.165, 1.54) is 18.4 Å². The lowest BCUT2D eigenvalue weighted by molar-refractivity contribution is 0.0762. The van der Waals surface area contributed by atoms with Gasteiger partial charge in [-0.05, 0) is 44.2 Å². The van der Waals surface area contributed by atoms with Crippen LogP contribution in [-0.2, 0) is 11.8 Å². The van der Waals surface area contributed by atoms with Crippen molar-refractivity contribution in [1.82, 2.24) is 9.88 Å². The normalized spacial score (nSPS) is 14.5. The highest BCUT2D eigenvalue weighted by atomic mass is 16.4. The first-order valence-electron chi connectivity index (χ1n) is 9.66. The maximum absolute atomic E-state index is 13.1. The third-order valence-electron chi connectivity index (χ3n) is 5.02. The fourth-order valence-corrected chi connectivity index (χ4v) is 3.50. The summed E-state index contributed by atoms with van der Waals surface area (Å²) >= 11 is 0. The van der Waals surface area contributed by atoms with E-state index in [-0.39, 0.29) is 11.3 Å². The number of hydrogen-bond acceptors (Lipinski definition) is 3. The molecule has 0 spiro atoms. The van der Waals surface area contributed by atoms with Crippen LogP contribution in [0.2, 0.25) is 0 Å². The first kappa shape index (κ1) is 18.7. The maximum Gasteiger partial charge on any atom is 0.254 e. The van der Waals surface area contributed by atoms with Crippen LogP contribution in [0.5, 0.6) is 0 Å². The molecule has 1 fully saturated rings. The van der Waals surface area contributed by atoms with Gasteiger partial charge in [-0.25, -0.2) is 4.98 Å². The van der Waals surface area contributed by atoms with Gasteiger partial charge in [0.05, 0.1) is 5.69 Å². The number of hydrogen-bond donors (Lipinski definition) is 0. The summed E-state index contributed by atoms with van der Waals surface area (Å²) in [6, 6.07) is 8.06. The number of benzene rings is 1. The number of aryl methyl sites for hydroxylation is 1. The minimum absolute atomic E-state index is 0.0324. The van der Waals surface area contributed by atoms with Crippen molar-refractivity contribution in [2.24, 2.45) is 0 Å². The predicted molar refractivity (Wildman–Crippen MR) is 104 cm³/mol. The zero-order chi connectivity index (χ0) is 18.9. The lowest BCUT2D eigenvalue weighted by atomic mass is 9.91. The highest BCUT2D eigenvalue weighted by Gasteiger charge is 2.29. The molecule has 0 bridgehead atoms. The summed E-state index contributed by atoms with van der Waals surface area (Å²) in [6.45, 7) is 11.7. The van der Waals surface area contributed by atoms with Crippen LogP contribution in [0.3, 0.4) is 0 Å². The number of aromatic nitrogens is 1. The van der Waals surface area contributed by atoms with Gasteiger partial charge in [-0.2, -0.15) is 0 Å². The minimum atomic E-state index is -0.0324. The van der Waals surface area contributed by atoms with Crippen molar-refractivity contribution in [3.63, 3.8) is 0 Å². The minimum Gasteiger partial charge on any atom is -0.446 e. The largest absolute Gasteiger partial charge is 0.446 e. The van der Waals surface area contributed by atoms with Crippen LogP contribution in [0.1, 0.15) is 79.7 Å². The Morgan fingerprint density at radius 3 is 2.54 bits per heavy atom. The van der Waals surface area contributed by atoms with E-state index in [1.807, 2.05) is 36.9 Å².